The van der Waals surface area contributed by atoms with E-state index in [1.165, 1.54) is 6.07 Å². The van der Waals surface area contributed by atoms with E-state index in [0.29, 0.717) is 12.2 Å². The van der Waals surface area contributed by atoms with Crippen LogP contribution in [0.2, 0.25) is 0 Å². The van der Waals surface area contributed by atoms with E-state index < -0.39 is 6.09 Å². The summed E-state index contributed by atoms with van der Waals surface area (Å²) in [6, 6.07) is 4.76. The van der Waals surface area contributed by atoms with E-state index in [-0.39, 0.29) is 11.3 Å². The summed E-state index contributed by atoms with van der Waals surface area (Å²) in [5.74, 6) is 0.650. The number of rotatable bonds is 2. The minimum atomic E-state index is -0.495. The Balaban J connectivity index is 2.72. The third-order valence-corrected chi connectivity index (χ3v) is 2.12. The lowest BCUT2D eigenvalue weighted by molar-refractivity contribution is 0.190. The molecule has 0 atom stereocenters. The number of benzene rings is 1. The van der Waals surface area contributed by atoms with Crippen LogP contribution in [-0.4, -0.2) is 16.7 Å². The van der Waals surface area contributed by atoms with Crippen LogP contribution in [0.5, 0.6) is 11.5 Å². The molecule has 0 spiro atoms. The van der Waals surface area contributed by atoms with Gasteiger partial charge < -0.3 is 15.2 Å². The number of carbonyl (C=O) groups is 1. The van der Waals surface area contributed by atoms with Crippen LogP contribution in [0.15, 0.2) is 18.2 Å². The maximum Gasteiger partial charge on any atom is 0.413 e. The van der Waals surface area contributed by atoms with Gasteiger partial charge in [-0.1, -0.05) is 6.92 Å². The van der Waals surface area contributed by atoms with Crippen molar-refractivity contribution in [3.8, 4) is 11.5 Å². The van der Waals surface area contributed by atoms with Gasteiger partial charge in [-0.25, -0.2) is 4.79 Å². The van der Waals surface area contributed by atoms with Crippen molar-refractivity contribution >= 4 is 6.09 Å². The van der Waals surface area contributed by atoms with Crippen LogP contribution < -0.4 is 10.1 Å². The number of hydrogen-bond donors (Lipinski definition) is 2. The molecule has 0 aliphatic rings. The second kappa shape index (κ2) is 5.08. The van der Waals surface area contributed by atoms with Crippen LogP contribution in [0.4, 0.5) is 4.79 Å². The molecule has 94 valence electrons. The molecular weight excluding hydrogens is 218 g/mol. The highest BCUT2D eigenvalue weighted by molar-refractivity contribution is 5.71. The smallest absolute Gasteiger partial charge is 0.413 e. The van der Waals surface area contributed by atoms with Gasteiger partial charge in [-0.05, 0) is 51.0 Å². The molecule has 2 N–H and O–H groups in total. The highest BCUT2D eigenvalue weighted by Crippen LogP contribution is 2.23. The summed E-state index contributed by atoms with van der Waals surface area (Å²) >= 11 is 0. The van der Waals surface area contributed by atoms with E-state index in [9.17, 15) is 9.90 Å². The van der Waals surface area contributed by atoms with Gasteiger partial charge in [0.2, 0.25) is 0 Å². The fourth-order valence-corrected chi connectivity index (χ4v) is 1.35. The quantitative estimate of drug-likeness (QED) is 0.831. The van der Waals surface area contributed by atoms with E-state index >= 15 is 0 Å². The Kier molecular flexibility index (Phi) is 3.99. The molecule has 0 aromatic heterocycles. The first kappa shape index (κ1) is 13.4. The molecule has 0 heterocycles. The SMILES string of the molecule is CCc1cc(OC(=O)NC(C)(C)C)ccc1O. The molecule has 1 amide bonds. The van der Waals surface area contributed by atoms with Crippen LogP contribution >= 0.6 is 0 Å². The zero-order chi connectivity index (χ0) is 13.1. The number of phenolic OH excluding ortho intramolecular Hbond substituents is 1. The molecule has 0 saturated carbocycles. The number of aromatic hydroxyl groups is 1. The zero-order valence-corrected chi connectivity index (χ0v) is 10.7. The Hall–Kier alpha value is -1.71. The highest BCUT2D eigenvalue weighted by atomic mass is 16.6. The first-order valence-corrected chi connectivity index (χ1v) is 5.63. The van der Waals surface area contributed by atoms with Crippen molar-refractivity contribution in [2.45, 2.75) is 39.7 Å². The Labute approximate surface area is 102 Å². The zero-order valence-electron chi connectivity index (χ0n) is 10.7. The summed E-state index contributed by atoms with van der Waals surface area (Å²) in [4.78, 5) is 11.5. The van der Waals surface area contributed by atoms with E-state index in [1.807, 2.05) is 27.7 Å². The van der Waals surface area contributed by atoms with Crippen molar-refractivity contribution in [2.24, 2.45) is 0 Å². The molecule has 4 nitrogen and oxygen atoms in total. The third kappa shape index (κ3) is 4.34. The van der Waals surface area contributed by atoms with Crippen molar-refractivity contribution in [3.63, 3.8) is 0 Å². The number of nitrogens with one attached hydrogen (secondary N) is 1. The molecule has 4 heteroatoms. The monoisotopic (exact) mass is 237 g/mol. The maximum absolute atomic E-state index is 11.5. The largest absolute Gasteiger partial charge is 0.508 e. The Morgan fingerprint density at radius 1 is 1.41 bits per heavy atom. The predicted octanol–water partition coefficient (Wildman–Crippen LogP) is 2.84. The average molecular weight is 237 g/mol. The lowest BCUT2D eigenvalue weighted by Crippen LogP contribution is -2.42. The van der Waals surface area contributed by atoms with Gasteiger partial charge >= 0.3 is 6.09 Å². The number of carbonyl (C=O) groups excluding carboxylic acids is 1. The molecule has 0 fully saturated rings. The van der Waals surface area contributed by atoms with Crippen LogP contribution in [0.1, 0.15) is 33.3 Å². The molecule has 0 bridgehead atoms. The van der Waals surface area contributed by atoms with Crippen LogP contribution in [0.3, 0.4) is 0 Å². The predicted molar refractivity (Wildman–Crippen MR) is 66.4 cm³/mol. The van der Waals surface area contributed by atoms with E-state index in [1.54, 1.807) is 12.1 Å². The molecule has 0 radical (unpaired) electrons. The Morgan fingerprint density at radius 3 is 2.59 bits per heavy atom. The number of amides is 1. The van der Waals surface area contributed by atoms with Crippen LogP contribution in [0, 0.1) is 0 Å². The molecule has 0 aliphatic heterocycles. The maximum atomic E-state index is 11.5. The van der Waals surface area contributed by atoms with Gasteiger partial charge in [0.15, 0.2) is 0 Å². The van der Waals surface area contributed by atoms with Gasteiger partial charge in [0.25, 0.3) is 0 Å². The minimum absolute atomic E-state index is 0.219. The van der Waals surface area contributed by atoms with E-state index in [4.69, 9.17) is 4.74 Å². The first-order chi connectivity index (χ1) is 7.81. The summed E-state index contributed by atoms with van der Waals surface area (Å²) in [5.41, 5.74) is 0.424. The summed E-state index contributed by atoms with van der Waals surface area (Å²) in [6.07, 6.45) is 0.189. The number of phenols is 1. The summed E-state index contributed by atoms with van der Waals surface area (Å²) < 4.78 is 5.13. The van der Waals surface area contributed by atoms with Gasteiger partial charge in [0.1, 0.15) is 11.5 Å². The van der Waals surface area contributed by atoms with Gasteiger partial charge in [0.05, 0.1) is 0 Å². The topological polar surface area (TPSA) is 58.6 Å². The lowest BCUT2D eigenvalue weighted by Gasteiger charge is -2.19. The second-order valence-corrected chi connectivity index (χ2v) is 4.91. The molecule has 1 aromatic carbocycles. The van der Waals surface area contributed by atoms with Gasteiger partial charge in [-0.3, -0.25) is 0 Å². The first-order valence-electron chi connectivity index (χ1n) is 5.63. The lowest BCUT2D eigenvalue weighted by atomic mass is 10.1. The normalized spacial score (nSPS) is 11.1. The van der Waals surface area contributed by atoms with Crippen molar-refractivity contribution < 1.29 is 14.6 Å². The van der Waals surface area contributed by atoms with Gasteiger partial charge in [0, 0.05) is 5.54 Å². The Bertz CT molecular complexity index is 408. The fraction of sp³-hybridized carbons (Fsp3) is 0.462. The molecule has 1 rings (SSSR count). The third-order valence-electron chi connectivity index (χ3n) is 2.12. The molecule has 1 aromatic rings. The Morgan fingerprint density at radius 2 is 2.06 bits per heavy atom. The van der Waals surface area contributed by atoms with E-state index in [2.05, 4.69) is 5.32 Å². The summed E-state index contributed by atoms with van der Waals surface area (Å²) in [6.45, 7) is 7.56. The van der Waals surface area contributed by atoms with E-state index in [0.717, 1.165) is 5.56 Å². The van der Waals surface area contributed by atoms with Crippen molar-refractivity contribution in [2.75, 3.05) is 0 Å². The summed E-state index contributed by atoms with van der Waals surface area (Å²) in [7, 11) is 0. The molecular formula is C13H19NO3. The van der Waals surface area contributed by atoms with Crippen molar-refractivity contribution in [1.29, 1.82) is 0 Å². The average Bonchev–Trinajstić information content (AvgIpc) is 2.18. The molecule has 0 aliphatic carbocycles. The van der Waals surface area contributed by atoms with Crippen molar-refractivity contribution in [3.05, 3.63) is 23.8 Å². The standard InChI is InChI=1S/C13H19NO3/c1-5-9-8-10(6-7-11(9)15)17-12(16)14-13(2,3)4/h6-8,15H,5H2,1-4H3,(H,14,16). The molecule has 17 heavy (non-hydrogen) atoms. The molecule has 0 saturated heterocycles. The minimum Gasteiger partial charge on any atom is -0.508 e. The van der Waals surface area contributed by atoms with Crippen molar-refractivity contribution in [1.82, 2.24) is 5.32 Å². The van der Waals surface area contributed by atoms with Crippen LogP contribution in [0.25, 0.3) is 0 Å². The fourth-order valence-electron chi connectivity index (χ4n) is 1.35. The number of ether oxygens (including phenoxy) is 1. The molecule has 0 unspecified atom stereocenters. The van der Waals surface area contributed by atoms with Crippen LogP contribution in [-0.2, 0) is 6.42 Å². The van der Waals surface area contributed by atoms with Gasteiger partial charge in [-0.15, -0.1) is 0 Å². The summed E-state index contributed by atoms with van der Waals surface area (Å²) in [5, 5.41) is 12.2. The number of aryl methyl sites for hydroxylation is 1. The number of hydrogen-bond acceptors (Lipinski definition) is 3. The second-order valence-electron chi connectivity index (χ2n) is 4.91. The highest BCUT2D eigenvalue weighted by Gasteiger charge is 2.15. The van der Waals surface area contributed by atoms with Gasteiger partial charge in [-0.2, -0.15) is 0 Å².